The number of hydrogen-bond acceptors (Lipinski definition) is 5. The van der Waals surface area contributed by atoms with Gasteiger partial charge in [0.1, 0.15) is 0 Å². The first-order chi connectivity index (χ1) is 11.6. The first kappa shape index (κ1) is 16.7. The Balaban J connectivity index is 1.66. The SMILES string of the molecule is C[C@@H](C(=O)N[C@H]1CCCN(c2nccn(C)c2=O)C1)c1cccs1. The van der Waals surface area contributed by atoms with Crippen molar-refractivity contribution in [1.82, 2.24) is 14.9 Å². The van der Waals surface area contributed by atoms with Gasteiger partial charge in [-0.25, -0.2) is 4.98 Å². The third kappa shape index (κ3) is 3.51. The summed E-state index contributed by atoms with van der Waals surface area (Å²) in [4.78, 5) is 32.0. The van der Waals surface area contributed by atoms with Gasteiger partial charge in [-0.2, -0.15) is 0 Å². The summed E-state index contributed by atoms with van der Waals surface area (Å²) in [6, 6.07) is 3.99. The highest BCUT2D eigenvalue weighted by molar-refractivity contribution is 7.10. The molecular weight excluding hydrogens is 324 g/mol. The van der Waals surface area contributed by atoms with Gasteiger partial charge in [-0.1, -0.05) is 6.07 Å². The molecule has 2 atom stereocenters. The van der Waals surface area contributed by atoms with E-state index in [0.717, 1.165) is 24.3 Å². The highest BCUT2D eigenvalue weighted by atomic mass is 32.1. The topological polar surface area (TPSA) is 67.2 Å². The Morgan fingerprint density at radius 2 is 2.33 bits per heavy atom. The lowest BCUT2D eigenvalue weighted by Gasteiger charge is -2.34. The first-order valence-electron chi connectivity index (χ1n) is 8.16. The fourth-order valence-electron chi connectivity index (χ4n) is 2.98. The molecule has 24 heavy (non-hydrogen) atoms. The summed E-state index contributed by atoms with van der Waals surface area (Å²) in [5.41, 5.74) is -0.101. The lowest BCUT2D eigenvalue weighted by atomic mass is 10.0. The van der Waals surface area contributed by atoms with Crippen molar-refractivity contribution in [2.75, 3.05) is 18.0 Å². The van der Waals surface area contributed by atoms with Crippen LogP contribution in [0.4, 0.5) is 5.82 Å². The zero-order valence-corrected chi connectivity index (χ0v) is 14.8. The van der Waals surface area contributed by atoms with Gasteiger partial charge >= 0.3 is 0 Å². The summed E-state index contributed by atoms with van der Waals surface area (Å²) < 4.78 is 1.53. The quantitative estimate of drug-likeness (QED) is 0.915. The van der Waals surface area contributed by atoms with E-state index in [1.165, 1.54) is 4.57 Å². The Morgan fingerprint density at radius 3 is 3.08 bits per heavy atom. The maximum Gasteiger partial charge on any atom is 0.293 e. The van der Waals surface area contributed by atoms with Gasteiger partial charge in [0.2, 0.25) is 5.91 Å². The Hall–Kier alpha value is -2.15. The van der Waals surface area contributed by atoms with Crippen LogP contribution in [0.15, 0.2) is 34.7 Å². The molecule has 0 saturated carbocycles. The van der Waals surface area contributed by atoms with E-state index in [9.17, 15) is 9.59 Å². The minimum absolute atomic E-state index is 0.0400. The Kier molecular flexibility index (Phi) is 4.99. The molecule has 1 aliphatic rings. The van der Waals surface area contributed by atoms with Crippen molar-refractivity contribution in [2.45, 2.75) is 31.7 Å². The highest BCUT2D eigenvalue weighted by Gasteiger charge is 2.26. The Morgan fingerprint density at radius 1 is 1.50 bits per heavy atom. The normalized spacial score (nSPS) is 19.1. The molecule has 0 radical (unpaired) electrons. The summed E-state index contributed by atoms with van der Waals surface area (Å²) in [7, 11) is 1.72. The lowest BCUT2D eigenvalue weighted by molar-refractivity contribution is -0.122. The van der Waals surface area contributed by atoms with Crippen molar-refractivity contribution in [2.24, 2.45) is 7.05 Å². The maximum atomic E-state index is 12.5. The monoisotopic (exact) mass is 346 g/mol. The second-order valence-corrected chi connectivity index (χ2v) is 7.18. The number of nitrogens with zero attached hydrogens (tertiary/aromatic N) is 3. The molecule has 7 heteroatoms. The molecule has 3 rings (SSSR count). The summed E-state index contributed by atoms with van der Waals surface area (Å²) in [6.07, 6.45) is 5.14. The molecule has 2 aromatic rings. The number of anilines is 1. The number of hydrogen-bond donors (Lipinski definition) is 1. The number of carbonyl (C=O) groups excluding carboxylic acids is 1. The Bertz CT molecular complexity index is 756. The van der Waals surface area contributed by atoms with E-state index in [1.807, 2.05) is 29.3 Å². The van der Waals surface area contributed by atoms with Crippen molar-refractivity contribution in [3.63, 3.8) is 0 Å². The summed E-state index contributed by atoms with van der Waals surface area (Å²) in [6.45, 7) is 3.34. The molecule has 0 spiro atoms. The minimum Gasteiger partial charge on any atom is -0.351 e. The molecule has 0 unspecified atom stereocenters. The van der Waals surface area contributed by atoms with Crippen LogP contribution in [0.3, 0.4) is 0 Å². The third-order valence-electron chi connectivity index (χ3n) is 4.43. The molecule has 0 aromatic carbocycles. The molecule has 0 aliphatic carbocycles. The molecular formula is C17H22N4O2S. The van der Waals surface area contributed by atoms with Gasteiger partial charge in [0.15, 0.2) is 5.82 Å². The van der Waals surface area contributed by atoms with Gasteiger partial charge in [-0.05, 0) is 31.2 Å². The van der Waals surface area contributed by atoms with Crippen LogP contribution in [0.5, 0.6) is 0 Å². The number of carbonyl (C=O) groups is 1. The molecule has 128 valence electrons. The molecule has 1 N–H and O–H groups in total. The molecule has 1 amide bonds. The lowest BCUT2D eigenvalue weighted by Crippen LogP contribution is -2.50. The number of aryl methyl sites for hydroxylation is 1. The van der Waals surface area contributed by atoms with Crippen LogP contribution in [0, 0.1) is 0 Å². The standard InChI is InChI=1S/C17H22N4O2S/c1-12(14-6-4-10-24-14)16(22)19-13-5-3-8-21(11-13)15-17(23)20(2)9-7-18-15/h4,6-7,9-10,12-13H,3,5,8,11H2,1-2H3,(H,19,22)/t12-,13+/m1/s1. The van der Waals surface area contributed by atoms with E-state index in [4.69, 9.17) is 0 Å². The molecule has 0 bridgehead atoms. The van der Waals surface area contributed by atoms with Gasteiger partial charge in [-0.15, -0.1) is 11.3 Å². The second-order valence-electron chi connectivity index (χ2n) is 6.20. The Labute approximate surface area is 145 Å². The predicted molar refractivity (Wildman–Crippen MR) is 95.6 cm³/mol. The van der Waals surface area contributed by atoms with Gasteiger partial charge in [0.05, 0.1) is 5.92 Å². The van der Waals surface area contributed by atoms with E-state index >= 15 is 0 Å². The van der Waals surface area contributed by atoms with Crippen LogP contribution in [-0.2, 0) is 11.8 Å². The van der Waals surface area contributed by atoms with Crippen LogP contribution in [0.1, 0.15) is 30.6 Å². The fourth-order valence-corrected chi connectivity index (χ4v) is 3.76. The number of aromatic nitrogens is 2. The average Bonchev–Trinajstić information content (AvgIpc) is 3.11. The molecule has 6 nitrogen and oxygen atoms in total. The van der Waals surface area contributed by atoms with Crippen LogP contribution in [-0.4, -0.2) is 34.6 Å². The van der Waals surface area contributed by atoms with Crippen LogP contribution >= 0.6 is 11.3 Å². The van der Waals surface area contributed by atoms with E-state index in [0.29, 0.717) is 12.4 Å². The predicted octanol–water partition coefficient (Wildman–Crippen LogP) is 1.73. The smallest absolute Gasteiger partial charge is 0.293 e. The fraction of sp³-hybridized carbons (Fsp3) is 0.471. The van der Waals surface area contributed by atoms with E-state index in [1.54, 1.807) is 30.8 Å². The summed E-state index contributed by atoms with van der Waals surface area (Å²) in [5, 5.41) is 5.11. The molecule has 1 saturated heterocycles. The van der Waals surface area contributed by atoms with E-state index < -0.39 is 0 Å². The molecule has 2 aromatic heterocycles. The van der Waals surface area contributed by atoms with Gasteiger partial charge in [0.25, 0.3) is 5.56 Å². The summed E-state index contributed by atoms with van der Waals surface area (Å²) >= 11 is 1.60. The summed E-state index contributed by atoms with van der Waals surface area (Å²) in [5.74, 6) is 0.353. The van der Waals surface area contributed by atoms with E-state index in [-0.39, 0.29) is 23.4 Å². The van der Waals surface area contributed by atoms with Crippen LogP contribution in [0.2, 0.25) is 0 Å². The van der Waals surface area contributed by atoms with Gasteiger partial charge < -0.3 is 14.8 Å². The highest BCUT2D eigenvalue weighted by Crippen LogP contribution is 2.22. The van der Waals surface area contributed by atoms with Gasteiger partial charge in [-0.3, -0.25) is 9.59 Å². The van der Waals surface area contributed by atoms with Crippen LogP contribution in [0.25, 0.3) is 0 Å². The average molecular weight is 346 g/mol. The molecule has 1 aliphatic heterocycles. The van der Waals surface area contributed by atoms with Crippen molar-refractivity contribution >= 4 is 23.1 Å². The number of nitrogens with one attached hydrogen (secondary N) is 1. The third-order valence-corrected chi connectivity index (χ3v) is 5.48. The second kappa shape index (κ2) is 7.17. The number of amides is 1. The number of thiophene rings is 1. The molecule has 3 heterocycles. The first-order valence-corrected chi connectivity index (χ1v) is 9.04. The number of rotatable bonds is 4. The zero-order chi connectivity index (χ0) is 17.1. The van der Waals surface area contributed by atoms with E-state index in [2.05, 4.69) is 10.3 Å². The largest absolute Gasteiger partial charge is 0.351 e. The van der Waals surface area contributed by atoms with Gasteiger partial charge in [0, 0.05) is 43.4 Å². The zero-order valence-electron chi connectivity index (χ0n) is 13.9. The maximum absolute atomic E-state index is 12.5. The minimum atomic E-state index is -0.150. The van der Waals surface area contributed by atoms with Crippen molar-refractivity contribution in [3.05, 3.63) is 45.1 Å². The van der Waals surface area contributed by atoms with Crippen molar-refractivity contribution in [1.29, 1.82) is 0 Å². The van der Waals surface area contributed by atoms with Crippen molar-refractivity contribution < 1.29 is 4.79 Å². The van der Waals surface area contributed by atoms with Crippen LogP contribution < -0.4 is 15.8 Å². The molecule has 1 fully saturated rings. The number of piperidine rings is 1. The van der Waals surface area contributed by atoms with Crippen molar-refractivity contribution in [3.8, 4) is 0 Å².